The predicted molar refractivity (Wildman–Crippen MR) is 78.7 cm³/mol. The van der Waals surface area contributed by atoms with E-state index < -0.39 is 0 Å². The Morgan fingerprint density at radius 3 is 2.26 bits per heavy atom. The zero-order valence-corrected chi connectivity index (χ0v) is 12.4. The maximum Gasteiger partial charge on any atom is 0.487 e. The van der Waals surface area contributed by atoms with Gasteiger partial charge in [-0.05, 0) is 45.7 Å². The van der Waals surface area contributed by atoms with Crippen molar-refractivity contribution in [1.82, 2.24) is 4.98 Å². The summed E-state index contributed by atoms with van der Waals surface area (Å²) < 4.78 is 11.8. The maximum atomic E-state index is 5.90. The normalized spacial score (nSPS) is 21.2. The molecule has 1 saturated heterocycles. The lowest BCUT2D eigenvalue weighted by molar-refractivity contribution is 0.00578. The van der Waals surface area contributed by atoms with Gasteiger partial charge in [-0.15, -0.1) is 0 Å². The summed E-state index contributed by atoms with van der Waals surface area (Å²) in [6.45, 7) is 10.3. The summed E-state index contributed by atoms with van der Waals surface area (Å²) in [5, 5.41) is 0. The number of nitrogens with zero attached hydrogens (tertiary/aromatic N) is 1. The Kier molecular flexibility index (Phi) is 3.84. The van der Waals surface area contributed by atoms with E-state index in [9.17, 15) is 0 Å². The standard InChI is InChI=1S/C15H22BNO2/c1-6-13-8-7-12(11-17-13)9-10-16-18-14(2,3)15(4,5)19-16/h7-11H,6H2,1-5H3/b10-9+. The van der Waals surface area contributed by atoms with Gasteiger partial charge < -0.3 is 9.31 Å². The minimum Gasteiger partial charge on any atom is -0.400 e. The molecule has 1 aromatic heterocycles. The second-order valence-electron chi connectivity index (χ2n) is 5.92. The van der Waals surface area contributed by atoms with Crippen molar-refractivity contribution < 1.29 is 9.31 Å². The van der Waals surface area contributed by atoms with Crippen molar-refractivity contribution >= 4 is 13.2 Å². The first-order valence-electron chi connectivity index (χ1n) is 6.83. The monoisotopic (exact) mass is 259 g/mol. The molecule has 0 saturated carbocycles. The van der Waals surface area contributed by atoms with E-state index in [-0.39, 0.29) is 18.3 Å². The average Bonchev–Trinajstić information content (AvgIpc) is 2.56. The molecule has 2 heterocycles. The van der Waals surface area contributed by atoms with Crippen molar-refractivity contribution in [3.8, 4) is 0 Å². The SMILES string of the molecule is CCc1ccc(/C=C/B2OC(C)(C)C(C)(C)O2)cn1. The Hall–Kier alpha value is -1.13. The molecule has 0 amide bonds. The fourth-order valence-corrected chi connectivity index (χ4v) is 1.90. The summed E-state index contributed by atoms with van der Waals surface area (Å²) in [4.78, 5) is 4.37. The molecule has 0 spiro atoms. The second kappa shape index (κ2) is 5.10. The smallest absolute Gasteiger partial charge is 0.400 e. The molecule has 3 nitrogen and oxygen atoms in total. The highest BCUT2D eigenvalue weighted by atomic mass is 16.7. The maximum absolute atomic E-state index is 5.90. The Morgan fingerprint density at radius 2 is 1.79 bits per heavy atom. The fourth-order valence-electron chi connectivity index (χ4n) is 1.90. The van der Waals surface area contributed by atoms with Gasteiger partial charge in [-0.1, -0.05) is 25.0 Å². The first-order valence-corrected chi connectivity index (χ1v) is 6.83. The number of hydrogen-bond acceptors (Lipinski definition) is 3. The molecule has 0 unspecified atom stereocenters. The summed E-state index contributed by atoms with van der Waals surface area (Å²) in [6, 6.07) is 4.11. The van der Waals surface area contributed by atoms with Crippen LogP contribution in [0.1, 0.15) is 45.9 Å². The Labute approximate surface area is 116 Å². The molecule has 4 heteroatoms. The van der Waals surface area contributed by atoms with E-state index in [2.05, 4.69) is 45.7 Å². The van der Waals surface area contributed by atoms with E-state index >= 15 is 0 Å². The molecule has 0 aliphatic carbocycles. The number of aromatic nitrogens is 1. The molecule has 19 heavy (non-hydrogen) atoms. The lowest BCUT2D eigenvalue weighted by atomic mass is 9.89. The van der Waals surface area contributed by atoms with E-state index in [0.717, 1.165) is 17.7 Å². The molecular formula is C15H22BNO2. The zero-order chi connectivity index (χ0) is 14.1. The molecular weight excluding hydrogens is 237 g/mol. The Balaban J connectivity index is 2.04. The first-order chi connectivity index (χ1) is 8.84. The molecule has 2 rings (SSSR count). The molecule has 0 radical (unpaired) electrons. The predicted octanol–water partition coefficient (Wildman–Crippen LogP) is 3.29. The third kappa shape index (κ3) is 3.07. The van der Waals surface area contributed by atoms with Crippen LogP contribution in [0.5, 0.6) is 0 Å². The summed E-state index contributed by atoms with van der Waals surface area (Å²) in [5.41, 5.74) is 1.60. The van der Waals surface area contributed by atoms with Gasteiger partial charge in [0.1, 0.15) is 0 Å². The minimum atomic E-state index is -0.296. The molecule has 0 aromatic carbocycles. The van der Waals surface area contributed by atoms with Crippen LogP contribution in [0.4, 0.5) is 0 Å². The third-order valence-corrected chi connectivity index (χ3v) is 3.93. The fraction of sp³-hybridized carbons (Fsp3) is 0.533. The van der Waals surface area contributed by atoms with Crippen LogP contribution in [0.25, 0.3) is 6.08 Å². The van der Waals surface area contributed by atoms with Crippen molar-refractivity contribution in [2.45, 2.75) is 52.2 Å². The highest BCUT2D eigenvalue weighted by molar-refractivity contribution is 6.52. The molecule has 102 valence electrons. The summed E-state index contributed by atoms with van der Waals surface area (Å²) in [6.07, 6.45) is 4.83. The van der Waals surface area contributed by atoms with E-state index in [1.807, 2.05) is 24.3 Å². The van der Waals surface area contributed by atoms with Gasteiger partial charge in [0.25, 0.3) is 0 Å². The van der Waals surface area contributed by atoms with Crippen molar-refractivity contribution in [3.05, 3.63) is 35.6 Å². The molecule has 1 aromatic rings. The quantitative estimate of drug-likeness (QED) is 0.780. The van der Waals surface area contributed by atoms with Gasteiger partial charge in [-0.3, -0.25) is 4.98 Å². The third-order valence-electron chi connectivity index (χ3n) is 3.93. The van der Waals surface area contributed by atoms with Crippen LogP contribution in [0.2, 0.25) is 0 Å². The van der Waals surface area contributed by atoms with Crippen molar-refractivity contribution in [2.24, 2.45) is 0 Å². The van der Waals surface area contributed by atoms with Crippen LogP contribution < -0.4 is 0 Å². The molecule has 1 aliphatic heterocycles. The molecule has 0 atom stereocenters. The summed E-state index contributed by atoms with van der Waals surface area (Å²) in [7, 11) is -0.296. The van der Waals surface area contributed by atoms with Gasteiger partial charge in [0, 0.05) is 11.9 Å². The molecule has 0 bridgehead atoms. The zero-order valence-electron chi connectivity index (χ0n) is 12.4. The highest BCUT2D eigenvalue weighted by Crippen LogP contribution is 2.36. The van der Waals surface area contributed by atoms with Gasteiger partial charge in [0.2, 0.25) is 0 Å². The lowest BCUT2D eigenvalue weighted by Crippen LogP contribution is -2.41. The van der Waals surface area contributed by atoms with E-state index in [1.165, 1.54) is 0 Å². The number of pyridine rings is 1. The van der Waals surface area contributed by atoms with Crippen molar-refractivity contribution in [1.29, 1.82) is 0 Å². The second-order valence-corrected chi connectivity index (χ2v) is 5.92. The average molecular weight is 259 g/mol. The topological polar surface area (TPSA) is 31.4 Å². The van der Waals surface area contributed by atoms with Gasteiger partial charge in [0.15, 0.2) is 0 Å². The highest BCUT2D eigenvalue weighted by Gasteiger charge is 2.49. The van der Waals surface area contributed by atoms with Gasteiger partial charge >= 0.3 is 7.12 Å². The van der Waals surface area contributed by atoms with E-state index in [1.54, 1.807) is 0 Å². The van der Waals surface area contributed by atoms with Crippen LogP contribution in [0.3, 0.4) is 0 Å². The largest absolute Gasteiger partial charge is 0.487 e. The van der Waals surface area contributed by atoms with Gasteiger partial charge in [0.05, 0.1) is 11.2 Å². The molecule has 1 aliphatic rings. The number of rotatable bonds is 3. The van der Waals surface area contributed by atoms with E-state index in [4.69, 9.17) is 9.31 Å². The minimum absolute atomic E-state index is 0.285. The van der Waals surface area contributed by atoms with Crippen LogP contribution in [0, 0.1) is 0 Å². The van der Waals surface area contributed by atoms with E-state index in [0.29, 0.717) is 0 Å². The number of aryl methyl sites for hydroxylation is 1. The van der Waals surface area contributed by atoms with Crippen LogP contribution in [0.15, 0.2) is 24.3 Å². The van der Waals surface area contributed by atoms with Crippen LogP contribution >= 0.6 is 0 Å². The lowest BCUT2D eigenvalue weighted by Gasteiger charge is -2.32. The summed E-state index contributed by atoms with van der Waals surface area (Å²) >= 11 is 0. The van der Waals surface area contributed by atoms with Gasteiger partial charge in [-0.2, -0.15) is 0 Å². The van der Waals surface area contributed by atoms with Crippen LogP contribution in [-0.2, 0) is 15.7 Å². The van der Waals surface area contributed by atoms with Crippen molar-refractivity contribution in [2.75, 3.05) is 0 Å². The van der Waals surface area contributed by atoms with Crippen molar-refractivity contribution in [3.63, 3.8) is 0 Å². The number of hydrogen-bond donors (Lipinski definition) is 0. The summed E-state index contributed by atoms with van der Waals surface area (Å²) in [5.74, 6) is 1.94. The molecule has 0 N–H and O–H groups in total. The van der Waals surface area contributed by atoms with Gasteiger partial charge in [-0.25, -0.2) is 0 Å². The first kappa shape index (κ1) is 14.3. The molecule has 1 fully saturated rings. The Bertz CT molecular complexity index is 450. The van der Waals surface area contributed by atoms with Crippen LogP contribution in [-0.4, -0.2) is 23.3 Å². The Morgan fingerprint density at radius 1 is 1.16 bits per heavy atom.